The number of carbonyl (C=O) groups is 2. The van der Waals surface area contributed by atoms with Gasteiger partial charge < -0.3 is 15.8 Å². The van der Waals surface area contributed by atoms with E-state index >= 15 is 0 Å². The Labute approximate surface area is 154 Å². The average molecular weight is 360 g/mol. The number of benzene rings is 1. The molecule has 2 amide bonds. The summed E-state index contributed by atoms with van der Waals surface area (Å²) >= 11 is 0. The number of ether oxygens (including phenoxy) is 1. The molecule has 2 aliphatic rings. The number of piperazine rings is 1. The minimum absolute atomic E-state index is 0.0531. The van der Waals surface area contributed by atoms with E-state index in [1.807, 2.05) is 18.2 Å². The first-order chi connectivity index (χ1) is 12.5. The third-order valence-corrected chi connectivity index (χ3v) is 5.49. The summed E-state index contributed by atoms with van der Waals surface area (Å²) in [6.07, 6.45) is 2.47. The van der Waals surface area contributed by atoms with Gasteiger partial charge in [-0.2, -0.15) is 0 Å². The molecule has 0 saturated carbocycles. The Balaban J connectivity index is 1.65. The number of nitrogens with zero attached hydrogens (tertiary/aromatic N) is 2. The molecule has 1 unspecified atom stereocenters. The first kappa shape index (κ1) is 18.7. The third-order valence-electron chi connectivity index (χ3n) is 5.49. The van der Waals surface area contributed by atoms with Crippen molar-refractivity contribution < 1.29 is 14.3 Å². The second-order valence-electron chi connectivity index (χ2n) is 7.36. The zero-order chi connectivity index (χ0) is 18.6. The second kappa shape index (κ2) is 8.05. The molecule has 26 heavy (non-hydrogen) atoms. The van der Waals surface area contributed by atoms with Crippen LogP contribution >= 0.6 is 0 Å². The highest BCUT2D eigenvalue weighted by atomic mass is 16.5. The molecule has 1 aromatic carbocycles. The predicted octanol–water partition coefficient (Wildman–Crippen LogP) is 0.337. The van der Waals surface area contributed by atoms with Crippen molar-refractivity contribution in [2.75, 3.05) is 39.8 Å². The van der Waals surface area contributed by atoms with Crippen molar-refractivity contribution in [2.24, 2.45) is 5.73 Å². The van der Waals surface area contributed by atoms with E-state index in [0.717, 1.165) is 51.1 Å². The summed E-state index contributed by atoms with van der Waals surface area (Å²) in [7, 11) is 2.17. The Morgan fingerprint density at radius 3 is 3.00 bits per heavy atom. The maximum Gasteiger partial charge on any atom is 0.255 e. The van der Waals surface area contributed by atoms with Gasteiger partial charge in [-0.25, -0.2) is 0 Å². The van der Waals surface area contributed by atoms with Gasteiger partial charge in [-0.05, 0) is 37.6 Å². The van der Waals surface area contributed by atoms with Crippen molar-refractivity contribution in [1.29, 1.82) is 0 Å². The smallest absolute Gasteiger partial charge is 0.255 e. The van der Waals surface area contributed by atoms with Crippen LogP contribution in [-0.4, -0.2) is 67.0 Å². The highest BCUT2D eigenvalue weighted by Gasteiger charge is 2.40. The Hall–Kier alpha value is -2.12. The van der Waals surface area contributed by atoms with Crippen LogP contribution in [0.3, 0.4) is 0 Å². The third kappa shape index (κ3) is 4.53. The molecular weight excluding hydrogens is 332 g/mol. The van der Waals surface area contributed by atoms with E-state index in [1.165, 1.54) is 0 Å². The summed E-state index contributed by atoms with van der Waals surface area (Å²) < 4.78 is 5.41. The molecular formula is C19H28N4O3. The molecule has 2 heterocycles. The zero-order valence-corrected chi connectivity index (χ0v) is 15.4. The maximum atomic E-state index is 11.7. The Kier molecular flexibility index (Phi) is 5.78. The number of nitrogens with two attached hydrogens (primary N) is 1. The molecule has 142 valence electrons. The molecule has 0 radical (unpaired) electrons. The van der Waals surface area contributed by atoms with Gasteiger partial charge in [0.2, 0.25) is 5.91 Å². The van der Waals surface area contributed by atoms with E-state index in [0.29, 0.717) is 12.2 Å². The summed E-state index contributed by atoms with van der Waals surface area (Å²) in [6.45, 7) is 4.39. The second-order valence-corrected chi connectivity index (χ2v) is 7.36. The first-order valence-corrected chi connectivity index (χ1v) is 9.17. The fraction of sp³-hybridized carbons (Fsp3) is 0.579. The zero-order valence-electron chi connectivity index (χ0n) is 15.4. The number of primary amides is 1. The number of likely N-dealkylation sites (N-methyl/N-ethyl adjacent to an activating group) is 1. The van der Waals surface area contributed by atoms with Gasteiger partial charge in [0.15, 0.2) is 6.61 Å². The van der Waals surface area contributed by atoms with Crippen molar-refractivity contribution in [3.63, 3.8) is 0 Å². The molecule has 2 saturated heterocycles. The molecule has 1 aromatic rings. The number of nitrogens with one attached hydrogen (secondary N) is 1. The average Bonchev–Trinajstić information content (AvgIpc) is 2.79. The van der Waals surface area contributed by atoms with Crippen molar-refractivity contribution in [2.45, 2.75) is 31.3 Å². The maximum absolute atomic E-state index is 11.7. The topological polar surface area (TPSA) is 87.9 Å². The molecule has 3 N–H and O–H groups in total. The molecule has 3 rings (SSSR count). The summed E-state index contributed by atoms with van der Waals surface area (Å²) in [6, 6.07) is 7.80. The first-order valence-electron chi connectivity index (χ1n) is 9.17. The predicted molar refractivity (Wildman–Crippen MR) is 98.6 cm³/mol. The van der Waals surface area contributed by atoms with E-state index in [9.17, 15) is 9.59 Å². The van der Waals surface area contributed by atoms with E-state index < -0.39 is 5.91 Å². The Morgan fingerprint density at radius 1 is 1.35 bits per heavy atom. The van der Waals surface area contributed by atoms with Crippen molar-refractivity contribution in [3.05, 3.63) is 29.8 Å². The molecule has 7 nitrogen and oxygen atoms in total. The molecule has 7 heteroatoms. The van der Waals surface area contributed by atoms with E-state index in [4.69, 9.17) is 10.5 Å². The standard InChI is InChI=1S/C19H28N4O3/c1-22-9-10-23(14-19(22)6-5-18(25)21-8-7-19)12-15-3-2-4-16(11-15)26-13-17(20)24/h2-4,11H,5-10,12-14H2,1H3,(H2,20,24)(H,21,25). The molecule has 2 fully saturated rings. The Morgan fingerprint density at radius 2 is 2.19 bits per heavy atom. The van der Waals surface area contributed by atoms with Crippen LogP contribution < -0.4 is 15.8 Å². The molecule has 1 atom stereocenters. The van der Waals surface area contributed by atoms with Crippen LogP contribution in [0.4, 0.5) is 0 Å². The summed E-state index contributed by atoms with van der Waals surface area (Å²) in [5.74, 6) is 0.342. The van der Waals surface area contributed by atoms with Gasteiger partial charge in [0.1, 0.15) is 5.75 Å². The quantitative estimate of drug-likeness (QED) is 0.790. The van der Waals surface area contributed by atoms with E-state index in [1.54, 1.807) is 0 Å². The van der Waals surface area contributed by atoms with Crippen molar-refractivity contribution >= 4 is 11.8 Å². The summed E-state index contributed by atoms with van der Waals surface area (Å²) in [5.41, 5.74) is 6.34. The molecule has 2 aliphatic heterocycles. The van der Waals surface area contributed by atoms with Crippen LogP contribution in [0.25, 0.3) is 0 Å². The van der Waals surface area contributed by atoms with E-state index in [2.05, 4.69) is 28.2 Å². The number of hydrogen-bond acceptors (Lipinski definition) is 5. The van der Waals surface area contributed by atoms with Crippen LogP contribution in [0, 0.1) is 0 Å². The van der Waals surface area contributed by atoms with Crippen LogP contribution in [0.2, 0.25) is 0 Å². The minimum Gasteiger partial charge on any atom is -0.484 e. The largest absolute Gasteiger partial charge is 0.484 e. The minimum atomic E-state index is -0.479. The van der Waals surface area contributed by atoms with E-state index in [-0.39, 0.29) is 18.1 Å². The van der Waals surface area contributed by atoms with Gasteiger partial charge >= 0.3 is 0 Å². The lowest BCUT2D eigenvalue weighted by atomic mass is 9.86. The van der Waals surface area contributed by atoms with Crippen LogP contribution in [0.1, 0.15) is 24.8 Å². The molecule has 0 aromatic heterocycles. The van der Waals surface area contributed by atoms with Crippen LogP contribution in [0.15, 0.2) is 24.3 Å². The van der Waals surface area contributed by atoms with Crippen molar-refractivity contribution in [3.8, 4) is 5.75 Å². The lowest BCUT2D eigenvalue weighted by molar-refractivity contribution is -0.121. The lowest BCUT2D eigenvalue weighted by Crippen LogP contribution is -2.60. The highest BCUT2D eigenvalue weighted by molar-refractivity contribution is 5.76. The van der Waals surface area contributed by atoms with Gasteiger partial charge in [-0.15, -0.1) is 0 Å². The number of hydrogen-bond donors (Lipinski definition) is 2. The molecule has 0 aliphatic carbocycles. The van der Waals surface area contributed by atoms with Gasteiger partial charge in [0.05, 0.1) is 0 Å². The fourth-order valence-corrected chi connectivity index (χ4v) is 3.96. The summed E-state index contributed by atoms with van der Waals surface area (Å²) in [5, 5.41) is 2.99. The van der Waals surface area contributed by atoms with Gasteiger partial charge in [0, 0.05) is 44.7 Å². The summed E-state index contributed by atoms with van der Waals surface area (Å²) in [4.78, 5) is 27.5. The highest BCUT2D eigenvalue weighted by Crippen LogP contribution is 2.31. The number of carbonyl (C=O) groups excluding carboxylic acids is 2. The Bertz CT molecular complexity index is 666. The van der Waals surface area contributed by atoms with Crippen LogP contribution in [-0.2, 0) is 16.1 Å². The van der Waals surface area contributed by atoms with Gasteiger partial charge in [0.25, 0.3) is 5.91 Å². The SMILES string of the molecule is CN1CCN(Cc2cccc(OCC(N)=O)c2)CC12CCNC(=O)CC2. The van der Waals surface area contributed by atoms with Gasteiger partial charge in [-0.3, -0.25) is 19.4 Å². The van der Waals surface area contributed by atoms with Crippen LogP contribution in [0.5, 0.6) is 5.75 Å². The fourth-order valence-electron chi connectivity index (χ4n) is 3.96. The normalized spacial score (nSPS) is 24.9. The molecule has 0 bridgehead atoms. The monoisotopic (exact) mass is 360 g/mol. The van der Waals surface area contributed by atoms with Crippen molar-refractivity contribution in [1.82, 2.24) is 15.1 Å². The van der Waals surface area contributed by atoms with Gasteiger partial charge in [-0.1, -0.05) is 12.1 Å². The number of amides is 2. The molecule has 1 spiro atoms. The lowest BCUT2D eigenvalue weighted by Gasteiger charge is -2.49. The number of rotatable bonds is 5.